The maximum absolute atomic E-state index is 12.5. The lowest BCUT2D eigenvalue weighted by molar-refractivity contribution is -0.139. The topological polar surface area (TPSA) is 78.3 Å². The van der Waals surface area contributed by atoms with Gasteiger partial charge >= 0.3 is 5.97 Å². The van der Waals surface area contributed by atoms with Crippen molar-refractivity contribution >= 4 is 27.6 Å². The van der Waals surface area contributed by atoms with Gasteiger partial charge in [0.15, 0.2) is 0 Å². The average Bonchev–Trinajstić information content (AvgIpc) is 2.51. The first-order valence-electron chi connectivity index (χ1n) is 7.72. The molecule has 0 radical (unpaired) electrons. The normalized spacial score (nSPS) is 35.3. The number of fused-ring (bicyclic) bond motifs is 1. The van der Waals surface area contributed by atoms with Crippen LogP contribution in [0, 0.1) is 5.92 Å². The Hall–Kier alpha value is -0.690. The van der Waals surface area contributed by atoms with Gasteiger partial charge in [0, 0.05) is 22.6 Å². The van der Waals surface area contributed by atoms with Gasteiger partial charge in [-0.05, 0) is 37.8 Å². The summed E-state index contributed by atoms with van der Waals surface area (Å²) in [6.07, 6.45) is 3.28. The monoisotopic (exact) mass is 338 g/mol. The number of carbonyl (C=O) groups excluding carboxylic acids is 1. The zero-order chi connectivity index (χ0) is 15.5. The van der Waals surface area contributed by atoms with Gasteiger partial charge in [0.2, 0.25) is 0 Å². The van der Waals surface area contributed by atoms with Gasteiger partial charge in [-0.3, -0.25) is 4.79 Å². The summed E-state index contributed by atoms with van der Waals surface area (Å²) >= 11 is 0. The van der Waals surface area contributed by atoms with Crippen LogP contribution in [0.5, 0.6) is 5.75 Å². The number of benzene rings is 1. The third-order valence-corrected chi connectivity index (χ3v) is 7.89. The number of hydrogen-bond donors (Lipinski definition) is 2. The van der Waals surface area contributed by atoms with Crippen molar-refractivity contribution in [3.05, 3.63) is 30.3 Å². The van der Waals surface area contributed by atoms with Crippen LogP contribution in [0.2, 0.25) is 0 Å². The van der Waals surface area contributed by atoms with Crippen molar-refractivity contribution in [2.24, 2.45) is 17.4 Å². The SMILES string of the molecule is NC1CC(N)CC2SSC2CC(C(=O)Oc2ccccc2)C1. The van der Waals surface area contributed by atoms with E-state index in [4.69, 9.17) is 16.2 Å². The molecule has 3 rings (SSSR count). The highest BCUT2D eigenvalue weighted by Crippen LogP contribution is 2.53. The summed E-state index contributed by atoms with van der Waals surface area (Å²) in [5.74, 6) is 0.305. The molecule has 1 aliphatic heterocycles. The predicted molar refractivity (Wildman–Crippen MR) is 92.7 cm³/mol. The van der Waals surface area contributed by atoms with Crippen LogP contribution in [0.3, 0.4) is 0 Å². The molecule has 4 nitrogen and oxygen atoms in total. The van der Waals surface area contributed by atoms with E-state index >= 15 is 0 Å². The minimum absolute atomic E-state index is 0.0316. The molecule has 1 saturated heterocycles. The van der Waals surface area contributed by atoms with Crippen LogP contribution in [-0.2, 0) is 4.79 Å². The molecule has 5 atom stereocenters. The first-order valence-corrected chi connectivity index (χ1v) is 9.99. The molecule has 4 N–H and O–H groups in total. The van der Waals surface area contributed by atoms with Gasteiger partial charge in [-0.1, -0.05) is 39.8 Å². The van der Waals surface area contributed by atoms with E-state index in [1.165, 1.54) is 0 Å². The Balaban J connectivity index is 1.68. The standard InChI is InChI=1S/C16H22N2O2S2/c17-11-6-10(16(19)20-13-4-2-1-3-5-13)7-14-15(22-21-14)9-12(18)8-11/h1-5,10-12,14-15H,6-9,17-18H2. The molecule has 2 fully saturated rings. The lowest BCUT2D eigenvalue weighted by Crippen LogP contribution is -2.36. The summed E-state index contributed by atoms with van der Waals surface area (Å²) in [6.45, 7) is 0. The van der Waals surface area contributed by atoms with E-state index in [-0.39, 0.29) is 24.0 Å². The molecule has 0 bridgehead atoms. The first kappa shape index (κ1) is 16.2. The number of nitrogens with two attached hydrogens (primary N) is 2. The Morgan fingerprint density at radius 3 is 2.27 bits per heavy atom. The second kappa shape index (κ2) is 7.25. The molecule has 2 aliphatic rings. The summed E-state index contributed by atoms with van der Waals surface area (Å²) in [4.78, 5) is 12.5. The first-order chi connectivity index (χ1) is 10.6. The molecule has 0 amide bonds. The molecule has 1 aromatic rings. The molecule has 0 aromatic heterocycles. The fourth-order valence-corrected chi connectivity index (χ4v) is 6.13. The van der Waals surface area contributed by atoms with Crippen LogP contribution in [0.1, 0.15) is 25.7 Å². The Labute approximate surface area is 139 Å². The van der Waals surface area contributed by atoms with Crippen molar-refractivity contribution in [2.45, 2.75) is 48.3 Å². The maximum atomic E-state index is 12.5. The van der Waals surface area contributed by atoms with Crippen LogP contribution in [0.4, 0.5) is 0 Å². The van der Waals surface area contributed by atoms with E-state index in [2.05, 4.69) is 0 Å². The zero-order valence-corrected chi connectivity index (χ0v) is 14.0. The second-order valence-corrected chi connectivity index (χ2v) is 8.91. The minimum atomic E-state index is -0.159. The van der Waals surface area contributed by atoms with E-state index < -0.39 is 0 Å². The highest BCUT2D eigenvalue weighted by atomic mass is 33.1. The Morgan fingerprint density at radius 1 is 0.955 bits per heavy atom. The number of ether oxygens (including phenoxy) is 1. The lowest BCUT2D eigenvalue weighted by atomic mass is 9.94. The highest BCUT2D eigenvalue weighted by molar-refractivity contribution is 8.80. The predicted octanol–water partition coefficient (Wildman–Crippen LogP) is 2.57. The molecule has 1 saturated carbocycles. The van der Waals surface area contributed by atoms with Crippen LogP contribution >= 0.6 is 21.6 Å². The number of para-hydroxylation sites is 1. The minimum Gasteiger partial charge on any atom is -0.426 e. The fraction of sp³-hybridized carbons (Fsp3) is 0.562. The molecule has 1 aliphatic carbocycles. The van der Waals surface area contributed by atoms with E-state index in [1.807, 2.05) is 39.8 Å². The average molecular weight is 338 g/mol. The van der Waals surface area contributed by atoms with Crippen LogP contribution in [0.25, 0.3) is 0 Å². The van der Waals surface area contributed by atoms with Crippen LogP contribution < -0.4 is 16.2 Å². The van der Waals surface area contributed by atoms with Crippen LogP contribution in [0.15, 0.2) is 30.3 Å². The summed E-state index contributed by atoms with van der Waals surface area (Å²) in [5.41, 5.74) is 12.4. The molecule has 22 heavy (non-hydrogen) atoms. The summed E-state index contributed by atoms with van der Waals surface area (Å²) in [7, 11) is 3.75. The van der Waals surface area contributed by atoms with E-state index in [0.717, 1.165) is 19.3 Å². The lowest BCUT2D eigenvalue weighted by Gasteiger charge is -2.36. The molecule has 0 spiro atoms. The quantitative estimate of drug-likeness (QED) is 0.490. The number of esters is 1. The van der Waals surface area contributed by atoms with Crippen molar-refractivity contribution in [2.75, 3.05) is 0 Å². The number of hydrogen-bond acceptors (Lipinski definition) is 6. The highest BCUT2D eigenvalue weighted by Gasteiger charge is 2.40. The number of carbonyl (C=O) groups is 1. The van der Waals surface area contributed by atoms with Crippen molar-refractivity contribution in [1.29, 1.82) is 0 Å². The molecule has 5 unspecified atom stereocenters. The molecule has 120 valence electrons. The zero-order valence-electron chi connectivity index (χ0n) is 12.4. The second-order valence-electron chi connectivity index (χ2n) is 6.16. The van der Waals surface area contributed by atoms with Crippen molar-refractivity contribution < 1.29 is 9.53 Å². The molecule has 6 heteroatoms. The molecule has 1 heterocycles. The number of rotatable bonds is 2. The van der Waals surface area contributed by atoms with Gasteiger partial charge in [0.25, 0.3) is 0 Å². The van der Waals surface area contributed by atoms with Gasteiger partial charge in [-0.2, -0.15) is 0 Å². The smallest absolute Gasteiger partial charge is 0.314 e. The fourth-order valence-electron chi connectivity index (χ4n) is 3.10. The molecule has 1 aromatic carbocycles. The van der Waals surface area contributed by atoms with E-state index in [0.29, 0.717) is 22.7 Å². The Bertz CT molecular complexity index is 514. The van der Waals surface area contributed by atoms with Gasteiger partial charge in [0.05, 0.1) is 5.92 Å². The third-order valence-electron chi connectivity index (χ3n) is 4.26. The summed E-state index contributed by atoms with van der Waals surface area (Å²) < 4.78 is 5.53. The van der Waals surface area contributed by atoms with Crippen molar-refractivity contribution in [3.63, 3.8) is 0 Å². The largest absolute Gasteiger partial charge is 0.426 e. The maximum Gasteiger partial charge on any atom is 0.314 e. The Kier molecular flexibility index (Phi) is 5.33. The van der Waals surface area contributed by atoms with Crippen LogP contribution in [-0.4, -0.2) is 28.6 Å². The van der Waals surface area contributed by atoms with Gasteiger partial charge in [-0.25, -0.2) is 0 Å². The van der Waals surface area contributed by atoms with Gasteiger partial charge in [0.1, 0.15) is 5.75 Å². The van der Waals surface area contributed by atoms with E-state index in [9.17, 15) is 4.79 Å². The van der Waals surface area contributed by atoms with Crippen molar-refractivity contribution in [1.82, 2.24) is 0 Å². The summed E-state index contributed by atoms with van der Waals surface area (Å²) in [5, 5.41) is 1.05. The van der Waals surface area contributed by atoms with Crippen molar-refractivity contribution in [3.8, 4) is 5.75 Å². The van der Waals surface area contributed by atoms with E-state index in [1.54, 1.807) is 12.1 Å². The molecular weight excluding hydrogens is 316 g/mol. The van der Waals surface area contributed by atoms with Gasteiger partial charge < -0.3 is 16.2 Å². The van der Waals surface area contributed by atoms with Gasteiger partial charge in [-0.15, -0.1) is 0 Å². The summed E-state index contributed by atoms with van der Waals surface area (Å²) in [6, 6.07) is 9.35. The molecular formula is C16H22N2O2S2. The third kappa shape index (κ3) is 3.98. The Morgan fingerprint density at radius 2 is 1.59 bits per heavy atom.